The highest BCUT2D eigenvalue weighted by molar-refractivity contribution is 5.91. The normalized spacial score (nSPS) is 11.3. The van der Waals surface area contributed by atoms with E-state index in [2.05, 4.69) is 14.7 Å². The van der Waals surface area contributed by atoms with Crippen LogP contribution in [0.1, 0.15) is 16.1 Å². The summed E-state index contributed by atoms with van der Waals surface area (Å²) in [5.41, 5.74) is -2.03. The highest BCUT2D eigenvalue weighted by Gasteiger charge is 2.34. The number of aromatic nitrogens is 2. The minimum Gasteiger partial charge on any atom is -0.465 e. The van der Waals surface area contributed by atoms with E-state index < -0.39 is 28.5 Å². The number of aromatic amines is 1. The molecule has 0 saturated heterocycles. The zero-order valence-corrected chi connectivity index (χ0v) is 11.0. The van der Waals surface area contributed by atoms with Crippen LogP contribution in [0.15, 0.2) is 24.4 Å². The van der Waals surface area contributed by atoms with Crippen molar-refractivity contribution in [2.75, 3.05) is 7.11 Å². The number of nitro groups is 1. The van der Waals surface area contributed by atoms with Crippen LogP contribution in [0.2, 0.25) is 0 Å². The molecule has 0 atom stereocenters. The fourth-order valence-corrected chi connectivity index (χ4v) is 1.73. The zero-order chi connectivity index (χ0) is 16.5. The van der Waals surface area contributed by atoms with E-state index in [1.165, 1.54) is 6.07 Å². The third kappa shape index (κ3) is 2.90. The lowest BCUT2D eigenvalue weighted by Crippen LogP contribution is -2.05. The molecule has 0 unspecified atom stereocenters. The van der Waals surface area contributed by atoms with Crippen molar-refractivity contribution >= 4 is 11.7 Å². The lowest BCUT2D eigenvalue weighted by atomic mass is 10.1. The molecule has 1 heterocycles. The van der Waals surface area contributed by atoms with E-state index in [0.717, 1.165) is 19.2 Å². The predicted octanol–water partition coefficient (Wildman–Crippen LogP) is 2.79. The van der Waals surface area contributed by atoms with E-state index in [9.17, 15) is 28.1 Å². The van der Waals surface area contributed by atoms with Crippen LogP contribution >= 0.6 is 0 Å². The Morgan fingerprint density at radius 2 is 2.09 bits per heavy atom. The van der Waals surface area contributed by atoms with E-state index in [1.807, 2.05) is 0 Å². The van der Waals surface area contributed by atoms with Gasteiger partial charge in [0.05, 0.1) is 23.2 Å². The van der Waals surface area contributed by atoms with Crippen molar-refractivity contribution in [3.05, 3.63) is 45.8 Å². The highest BCUT2D eigenvalue weighted by atomic mass is 19.4. The number of carbonyl (C=O) groups excluding carboxylic acids is 1. The molecule has 0 amide bonds. The Morgan fingerprint density at radius 1 is 1.41 bits per heavy atom. The summed E-state index contributed by atoms with van der Waals surface area (Å²) in [4.78, 5) is 27.1. The van der Waals surface area contributed by atoms with Gasteiger partial charge in [0, 0.05) is 12.3 Å². The Labute approximate surface area is 120 Å². The van der Waals surface area contributed by atoms with Gasteiger partial charge >= 0.3 is 12.1 Å². The third-order valence-corrected chi connectivity index (χ3v) is 2.74. The monoisotopic (exact) mass is 315 g/mol. The van der Waals surface area contributed by atoms with Crippen molar-refractivity contribution in [1.82, 2.24) is 9.97 Å². The maximum atomic E-state index is 12.5. The minimum atomic E-state index is -4.67. The van der Waals surface area contributed by atoms with Gasteiger partial charge in [-0.15, -0.1) is 0 Å². The van der Waals surface area contributed by atoms with Crippen LogP contribution in [0.4, 0.5) is 18.9 Å². The van der Waals surface area contributed by atoms with Gasteiger partial charge in [-0.25, -0.2) is 9.78 Å². The number of imidazole rings is 1. The smallest absolute Gasteiger partial charge is 0.434 e. The predicted molar refractivity (Wildman–Crippen MR) is 67.0 cm³/mol. The summed E-state index contributed by atoms with van der Waals surface area (Å²) in [5.74, 6) is -1.12. The fraction of sp³-hybridized carbons (Fsp3) is 0.167. The third-order valence-electron chi connectivity index (χ3n) is 2.74. The van der Waals surface area contributed by atoms with Crippen molar-refractivity contribution in [1.29, 1.82) is 0 Å². The van der Waals surface area contributed by atoms with Crippen molar-refractivity contribution in [3.63, 3.8) is 0 Å². The second-order valence-corrected chi connectivity index (χ2v) is 4.11. The molecule has 0 fully saturated rings. The van der Waals surface area contributed by atoms with Gasteiger partial charge in [-0.2, -0.15) is 13.2 Å². The van der Waals surface area contributed by atoms with Crippen LogP contribution < -0.4 is 0 Å². The molecule has 2 aromatic rings. The van der Waals surface area contributed by atoms with E-state index in [4.69, 9.17) is 0 Å². The summed E-state index contributed by atoms with van der Waals surface area (Å²) in [6, 6.07) is 3.24. The van der Waals surface area contributed by atoms with Crippen LogP contribution in [-0.4, -0.2) is 28.0 Å². The van der Waals surface area contributed by atoms with Crippen LogP contribution in [0, 0.1) is 10.1 Å². The molecule has 1 aromatic heterocycles. The average Bonchev–Trinajstić information content (AvgIpc) is 2.95. The molecular formula is C12H8F3N3O4. The van der Waals surface area contributed by atoms with Gasteiger partial charge in [0.25, 0.3) is 5.69 Å². The molecular weight excluding hydrogens is 307 g/mol. The van der Waals surface area contributed by atoms with E-state index in [0.29, 0.717) is 6.20 Å². The SMILES string of the molecule is COC(=O)c1ccc(-c2nc(C(F)(F)F)c[nH]2)c([N+](=O)[O-])c1. The molecule has 22 heavy (non-hydrogen) atoms. The molecule has 0 radical (unpaired) electrons. The van der Waals surface area contributed by atoms with Crippen LogP contribution in [0.5, 0.6) is 0 Å². The van der Waals surface area contributed by atoms with E-state index in [-0.39, 0.29) is 17.0 Å². The fourth-order valence-electron chi connectivity index (χ4n) is 1.73. The largest absolute Gasteiger partial charge is 0.465 e. The van der Waals surface area contributed by atoms with Crippen LogP contribution in [0.25, 0.3) is 11.4 Å². The number of methoxy groups -OCH3 is 1. The lowest BCUT2D eigenvalue weighted by Gasteiger charge is -2.03. The number of benzene rings is 1. The van der Waals surface area contributed by atoms with Gasteiger partial charge in [0.1, 0.15) is 5.82 Å². The number of nitro benzene ring substituents is 1. The Bertz CT molecular complexity index is 739. The van der Waals surface area contributed by atoms with Gasteiger partial charge in [-0.3, -0.25) is 10.1 Å². The number of H-pyrrole nitrogens is 1. The molecule has 0 bridgehead atoms. The first-order valence-corrected chi connectivity index (χ1v) is 5.73. The van der Waals surface area contributed by atoms with Gasteiger partial charge in [-0.05, 0) is 12.1 Å². The van der Waals surface area contributed by atoms with Gasteiger partial charge in [-0.1, -0.05) is 0 Å². The number of nitrogens with one attached hydrogen (secondary N) is 1. The highest BCUT2D eigenvalue weighted by Crippen LogP contribution is 2.33. The first kappa shape index (κ1) is 15.5. The minimum absolute atomic E-state index is 0.0967. The summed E-state index contributed by atoms with van der Waals surface area (Å²) in [6.07, 6.45) is -4.07. The number of esters is 1. The first-order valence-electron chi connectivity index (χ1n) is 5.73. The lowest BCUT2D eigenvalue weighted by molar-refractivity contribution is -0.384. The molecule has 116 valence electrons. The molecule has 7 nitrogen and oxygen atoms in total. The van der Waals surface area contributed by atoms with Gasteiger partial charge < -0.3 is 9.72 Å². The van der Waals surface area contributed by atoms with Crippen molar-refractivity contribution in [2.45, 2.75) is 6.18 Å². The number of hydrogen-bond donors (Lipinski definition) is 1. The Kier molecular flexibility index (Phi) is 3.85. The summed E-state index contributed by atoms with van der Waals surface area (Å²) in [6.45, 7) is 0. The molecule has 1 N–H and O–H groups in total. The number of ether oxygens (including phenoxy) is 1. The zero-order valence-electron chi connectivity index (χ0n) is 11.0. The Hall–Kier alpha value is -2.91. The van der Waals surface area contributed by atoms with Gasteiger partial charge in [0.2, 0.25) is 0 Å². The molecule has 1 aromatic carbocycles. The molecule has 0 saturated carbocycles. The molecule has 0 aliphatic heterocycles. The van der Waals surface area contributed by atoms with E-state index in [1.54, 1.807) is 0 Å². The molecule has 0 aliphatic carbocycles. The number of carbonyl (C=O) groups is 1. The maximum Gasteiger partial charge on any atom is 0.434 e. The number of alkyl halides is 3. The number of halogens is 3. The molecule has 10 heteroatoms. The molecule has 2 rings (SSSR count). The summed E-state index contributed by atoms with van der Waals surface area (Å²) in [7, 11) is 1.10. The summed E-state index contributed by atoms with van der Waals surface area (Å²) in [5, 5.41) is 11.1. The van der Waals surface area contributed by atoms with Crippen LogP contribution in [0.3, 0.4) is 0 Å². The van der Waals surface area contributed by atoms with Crippen molar-refractivity contribution in [2.24, 2.45) is 0 Å². The van der Waals surface area contributed by atoms with E-state index >= 15 is 0 Å². The molecule has 0 spiro atoms. The Balaban J connectivity index is 2.53. The topological polar surface area (TPSA) is 98.1 Å². The standard InChI is InChI=1S/C12H8F3N3O4/c1-22-11(19)6-2-3-7(8(4-6)18(20)21)10-16-5-9(17-10)12(13,14)15/h2-5H,1H3,(H,16,17). The maximum absolute atomic E-state index is 12.5. The summed E-state index contributed by atoms with van der Waals surface area (Å²) >= 11 is 0. The number of rotatable bonds is 3. The van der Waals surface area contributed by atoms with Crippen molar-refractivity contribution < 1.29 is 27.6 Å². The first-order chi connectivity index (χ1) is 10.2. The van der Waals surface area contributed by atoms with Crippen molar-refractivity contribution in [3.8, 4) is 11.4 Å². The second-order valence-electron chi connectivity index (χ2n) is 4.11. The number of nitrogens with zero attached hydrogens (tertiary/aromatic N) is 2. The van der Waals surface area contributed by atoms with Crippen LogP contribution in [-0.2, 0) is 10.9 Å². The average molecular weight is 315 g/mol. The Morgan fingerprint density at radius 3 is 2.59 bits per heavy atom. The second kappa shape index (κ2) is 5.47. The van der Waals surface area contributed by atoms with Gasteiger partial charge in [0.15, 0.2) is 5.69 Å². The number of hydrogen-bond acceptors (Lipinski definition) is 5. The summed E-state index contributed by atoms with van der Waals surface area (Å²) < 4.78 is 42.0. The molecule has 0 aliphatic rings. The quantitative estimate of drug-likeness (QED) is 0.533.